The van der Waals surface area contributed by atoms with E-state index in [-0.39, 0.29) is 0 Å². The fourth-order valence-corrected chi connectivity index (χ4v) is 12.9. The van der Waals surface area contributed by atoms with Gasteiger partial charge in [0, 0.05) is 11.3 Å². The minimum Gasteiger partial charge on any atom is -0.292 e. The molecule has 0 unspecified atom stereocenters. The van der Waals surface area contributed by atoms with Gasteiger partial charge in [-0.15, -0.1) is 0 Å². The van der Waals surface area contributed by atoms with E-state index in [1.54, 1.807) is 0 Å². The van der Waals surface area contributed by atoms with Crippen LogP contribution in [0.1, 0.15) is 0 Å². The summed E-state index contributed by atoms with van der Waals surface area (Å²) in [6.45, 7) is 0. The lowest BCUT2D eigenvalue weighted by Crippen LogP contribution is -1.97. The number of hydrogen-bond acceptors (Lipinski definition) is 1. The van der Waals surface area contributed by atoms with Gasteiger partial charge in [-0.3, -0.25) is 4.57 Å². The molecule has 0 amide bonds. The third-order valence-electron chi connectivity index (χ3n) is 16.5. The number of nitrogens with zero attached hydrogens (tertiary/aromatic N) is 2. The highest BCUT2D eigenvalue weighted by Gasteiger charge is 2.22. The maximum absolute atomic E-state index is 5.27. The maximum Gasteiger partial charge on any atom is 0.145 e. The van der Waals surface area contributed by atoms with Gasteiger partial charge in [-0.2, -0.15) is 0 Å². The predicted octanol–water partition coefficient (Wildman–Crippen LogP) is 21.1. The molecule has 0 saturated heterocycles. The Balaban J connectivity index is 0.865. The van der Waals surface area contributed by atoms with Gasteiger partial charge in [0.25, 0.3) is 0 Å². The highest BCUT2D eigenvalue weighted by atomic mass is 15.1. The number of imidazole rings is 1. The summed E-state index contributed by atoms with van der Waals surface area (Å²) in [4.78, 5) is 5.27. The van der Waals surface area contributed by atoms with Crippen molar-refractivity contribution in [2.75, 3.05) is 0 Å². The second-order valence-corrected chi connectivity index (χ2v) is 21.0. The number of aromatic nitrogens is 2. The van der Waals surface area contributed by atoms with E-state index in [1.807, 2.05) is 0 Å². The van der Waals surface area contributed by atoms with Crippen molar-refractivity contribution in [1.29, 1.82) is 0 Å². The van der Waals surface area contributed by atoms with Crippen molar-refractivity contribution >= 4 is 86.4 Å². The van der Waals surface area contributed by atoms with Gasteiger partial charge in [-0.05, 0) is 186 Å². The third kappa shape index (κ3) is 7.37. The predicted molar refractivity (Wildman–Crippen MR) is 336 cm³/mol. The molecule has 0 saturated carbocycles. The Hall–Kier alpha value is -10.4. The Morgan fingerprint density at radius 1 is 0.215 bits per heavy atom. The Kier molecular flexibility index (Phi) is 10.3. The summed E-state index contributed by atoms with van der Waals surface area (Å²) in [6.07, 6.45) is 0. The molecule has 0 spiro atoms. The van der Waals surface area contributed by atoms with E-state index >= 15 is 0 Å². The van der Waals surface area contributed by atoms with Gasteiger partial charge in [0.05, 0.1) is 11.0 Å². The summed E-state index contributed by atoms with van der Waals surface area (Å²) in [5.41, 5.74) is 16.4. The van der Waals surface area contributed by atoms with Crippen LogP contribution in [0.15, 0.2) is 291 Å². The molecular formula is C77H48N2. The molecule has 0 N–H and O–H groups in total. The number of para-hydroxylation sites is 2. The van der Waals surface area contributed by atoms with Gasteiger partial charge in [0.2, 0.25) is 0 Å². The average Bonchev–Trinajstić information content (AvgIpc) is 4.11. The van der Waals surface area contributed by atoms with Gasteiger partial charge in [-0.1, -0.05) is 237 Å². The van der Waals surface area contributed by atoms with E-state index in [1.165, 1.54) is 131 Å². The Bertz CT molecular complexity index is 5070. The fourth-order valence-electron chi connectivity index (χ4n) is 12.9. The fraction of sp³-hybridized carbons (Fsp3) is 0. The largest absolute Gasteiger partial charge is 0.292 e. The summed E-state index contributed by atoms with van der Waals surface area (Å²) >= 11 is 0. The van der Waals surface area contributed by atoms with Crippen molar-refractivity contribution in [2.45, 2.75) is 0 Å². The van der Waals surface area contributed by atoms with Crippen molar-refractivity contribution in [2.24, 2.45) is 0 Å². The molecule has 79 heavy (non-hydrogen) atoms. The van der Waals surface area contributed by atoms with E-state index in [4.69, 9.17) is 4.98 Å². The molecule has 0 atom stereocenters. The highest BCUT2D eigenvalue weighted by molar-refractivity contribution is 6.25. The molecule has 0 radical (unpaired) electrons. The Labute approximate surface area is 457 Å². The van der Waals surface area contributed by atoms with Crippen molar-refractivity contribution < 1.29 is 0 Å². The quantitative estimate of drug-likeness (QED) is 0.146. The number of benzene rings is 15. The minimum atomic E-state index is 0.920. The van der Waals surface area contributed by atoms with Crippen LogP contribution >= 0.6 is 0 Å². The van der Waals surface area contributed by atoms with Crippen LogP contribution in [0.4, 0.5) is 0 Å². The van der Waals surface area contributed by atoms with Crippen LogP contribution in [0.25, 0.3) is 159 Å². The standard InChI is InChI=1S/C77H48N2/c1-2-16-49(17-3-1)52-38-41-62(42-39-52)79-72-29-15-14-28-71(72)78-77(79)61-37-33-55-46-58(36-32-56(55)47-61)73-63-22-8-10-24-65(63)75(66-25-11-9-23-64(66)73)60-40-43-69-70(48-60)76(59-35-31-51-19-5-7-21-54(51)45-59)68-27-13-12-26-67(68)74(69)57-34-30-50-18-4-6-20-53(50)44-57/h1-48H. The lowest BCUT2D eigenvalue weighted by atomic mass is 9.82. The monoisotopic (exact) mass is 1000 g/mol. The molecule has 1 heterocycles. The molecule has 0 bridgehead atoms. The molecule has 0 aliphatic rings. The van der Waals surface area contributed by atoms with Gasteiger partial charge in [-0.25, -0.2) is 4.98 Å². The molecule has 2 heteroatoms. The molecule has 16 aromatic rings. The van der Waals surface area contributed by atoms with Crippen LogP contribution < -0.4 is 0 Å². The summed E-state index contributed by atoms with van der Waals surface area (Å²) in [6, 6.07) is 107. The van der Waals surface area contributed by atoms with Crippen molar-refractivity contribution in [3.05, 3.63) is 291 Å². The normalized spacial score (nSPS) is 11.8. The average molecular weight is 1000 g/mol. The Morgan fingerprint density at radius 3 is 1.09 bits per heavy atom. The Morgan fingerprint density at radius 2 is 0.557 bits per heavy atom. The van der Waals surface area contributed by atoms with Gasteiger partial charge < -0.3 is 0 Å². The van der Waals surface area contributed by atoms with Crippen LogP contribution in [0.5, 0.6) is 0 Å². The van der Waals surface area contributed by atoms with Crippen molar-refractivity contribution in [3.8, 4) is 72.7 Å². The number of fused-ring (bicyclic) bond motifs is 8. The lowest BCUT2D eigenvalue weighted by Gasteiger charge is -2.21. The molecule has 0 aliphatic carbocycles. The zero-order valence-corrected chi connectivity index (χ0v) is 43.1. The van der Waals surface area contributed by atoms with Crippen molar-refractivity contribution in [1.82, 2.24) is 9.55 Å². The van der Waals surface area contributed by atoms with Crippen LogP contribution in [0.3, 0.4) is 0 Å². The lowest BCUT2D eigenvalue weighted by molar-refractivity contribution is 1.10. The SMILES string of the molecule is c1ccc(-c2ccc(-n3c(-c4ccc5cc(-c6c7ccccc7c(-c7ccc8c(-c9ccc%10ccccc%10c9)c9ccccc9c(-c9ccc%10ccccc%10c9)c8c7)c7ccccc67)ccc5c4)nc4ccccc43)cc2)cc1. The molecule has 2 nitrogen and oxygen atoms in total. The first-order valence-corrected chi connectivity index (χ1v) is 27.3. The molecule has 366 valence electrons. The van der Waals surface area contributed by atoms with Crippen LogP contribution in [-0.2, 0) is 0 Å². The van der Waals surface area contributed by atoms with Gasteiger partial charge >= 0.3 is 0 Å². The number of rotatable bonds is 7. The minimum absolute atomic E-state index is 0.920. The molecule has 15 aromatic carbocycles. The highest BCUT2D eigenvalue weighted by Crippen LogP contribution is 2.49. The van der Waals surface area contributed by atoms with E-state index in [0.717, 1.165) is 28.1 Å². The topological polar surface area (TPSA) is 17.8 Å². The first-order valence-electron chi connectivity index (χ1n) is 27.3. The summed E-state index contributed by atoms with van der Waals surface area (Å²) in [5.74, 6) is 0.920. The number of hydrogen-bond donors (Lipinski definition) is 0. The van der Waals surface area contributed by atoms with E-state index in [0.29, 0.717) is 0 Å². The third-order valence-corrected chi connectivity index (χ3v) is 16.5. The summed E-state index contributed by atoms with van der Waals surface area (Å²) in [7, 11) is 0. The smallest absolute Gasteiger partial charge is 0.145 e. The van der Waals surface area contributed by atoms with Crippen molar-refractivity contribution in [3.63, 3.8) is 0 Å². The molecule has 0 aliphatic heterocycles. The second-order valence-electron chi connectivity index (χ2n) is 21.0. The maximum atomic E-state index is 5.27. The van der Waals surface area contributed by atoms with Crippen LogP contribution in [-0.4, -0.2) is 9.55 Å². The van der Waals surface area contributed by atoms with E-state index in [2.05, 4.69) is 296 Å². The summed E-state index contributed by atoms with van der Waals surface area (Å²) in [5, 5.41) is 17.2. The van der Waals surface area contributed by atoms with Crippen LogP contribution in [0, 0.1) is 0 Å². The second kappa shape index (κ2) is 18.1. The molecule has 1 aromatic heterocycles. The van der Waals surface area contributed by atoms with Crippen LogP contribution in [0.2, 0.25) is 0 Å². The zero-order chi connectivity index (χ0) is 52.0. The first kappa shape index (κ1) is 44.8. The van der Waals surface area contributed by atoms with Gasteiger partial charge in [0.1, 0.15) is 5.82 Å². The molecular weight excluding hydrogens is 953 g/mol. The molecule has 16 rings (SSSR count). The van der Waals surface area contributed by atoms with Gasteiger partial charge in [0.15, 0.2) is 0 Å². The zero-order valence-electron chi connectivity index (χ0n) is 43.1. The summed E-state index contributed by atoms with van der Waals surface area (Å²) < 4.78 is 2.30. The van der Waals surface area contributed by atoms with E-state index in [9.17, 15) is 0 Å². The first-order chi connectivity index (χ1) is 39.2. The van der Waals surface area contributed by atoms with E-state index < -0.39 is 0 Å². The molecule has 0 fully saturated rings.